The van der Waals surface area contributed by atoms with Gasteiger partial charge in [0.25, 0.3) is 0 Å². The zero-order chi connectivity index (χ0) is 7.56. The Bertz CT molecular complexity index is 143. The molecule has 1 aliphatic rings. The summed E-state index contributed by atoms with van der Waals surface area (Å²) < 4.78 is 3.93. The lowest BCUT2D eigenvalue weighted by molar-refractivity contribution is 0.378. The molecule has 0 aliphatic carbocycles. The van der Waals surface area contributed by atoms with E-state index in [1.54, 1.807) is 0 Å². The Hall–Kier alpha value is -0.180. The Kier molecular flexibility index (Phi) is 2.60. The Morgan fingerprint density at radius 1 is 1.60 bits per heavy atom. The minimum atomic E-state index is 0.577. The van der Waals surface area contributed by atoms with E-state index in [0.29, 0.717) is 6.04 Å². The third kappa shape index (κ3) is 1.45. The smallest absolute Gasteiger partial charge is 0.112 e. The largest absolute Gasteiger partial charge is 0.357 e. The topological polar surface area (TPSA) is 15.6 Å². The summed E-state index contributed by atoms with van der Waals surface area (Å²) in [6, 6.07) is 0.577. The Balaban J connectivity index is 2.59. The number of thiol groups is 1. The average molecular weight is 158 g/mol. The van der Waals surface area contributed by atoms with Crippen LogP contribution in [0.1, 0.15) is 26.7 Å². The van der Waals surface area contributed by atoms with Gasteiger partial charge in [-0.3, -0.25) is 0 Å². The van der Waals surface area contributed by atoms with Crippen molar-refractivity contribution < 1.29 is 0 Å². The van der Waals surface area contributed by atoms with Crippen molar-refractivity contribution in [2.75, 3.05) is 6.54 Å². The normalized spacial score (nSPS) is 23.2. The van der Waals surface area contributed by atoms with Crippen LogP contribution in [0.4, 0.5) is 0 Å². The summed E-state index contributed by atoms with van der Waals surface area (Å²) in [7, 11) is 0. The predicted molar refractivity (Wildman–Crippen MR) is 47.5 cm³/mol. The second kappa shape index (κ2) is 3.28. The van der Waals surface area contributed by atoms with Crippen LogP contribution in [-0.4, -0.2) is 23.3 Å². The summed E-state index contributed by atoms with van der Waals surface area (Å²) in [5.74, 6) is 1.15. The van der Waals surface area contributed by atoms with E-state index in [0.717, 1.165) is 18.8 Å². The average Bonchev–Trinajstić information content (AvgIpc) is 2.33. The van der Waals surface area contributed by atoms with Crippen molar-refractivity contribution in [3.8, 4) is 0 Å². The van der Waals surface area contributed by atoms with Gasteiger partial charge in [0.05, 0.1) is 0 Å². The first-order valence-electron chi connectivity index (χ1n) is 3.73. The molecule has 0 amide bonds. The van der Waals surface area contributed by atoms with E-state index in [4.69, 9.17) is 0 Å². The molecule has 0 aromatic heterocycles. The summed E-state index contributed by atoms with van der Waals surface area (Å²) in [6.07, 6.45) is 2.33. The number of nitrogens with zero attached hydrogens (tertiary/aromatic N) is 2. The molecule has 1 aliphatic heterocycles. The highest BCUT2D eigenvalue weighted by molar-refractivity contribution is 7.79. The lowest BCUT2D eigenvalue weighted by Crippen LogP contribution is -2.31. The van der Waals surface area contributed by atoms with Gasteiger partial charge in [-0.1, -0.05) is 0 Å². The molecule has 0 aromatic rings. The minimum Gasteiger partial charge on any atom is -0.357 e. The molecule has 0 spiro atoms. The highest BCUT2D eigenvalue weighted by Gasteiger charge is 2.19. The van der Waals surface area contributed by atoms with Crippen molar-refractivity contribution in [3.05, 3.63) is 0 Å². The van der Waals surface area contributed by atoms with Gasteiger partial charge in [-0.05, 0) is 33.1 Å². The third-order valence-corrected chi connectivity index (χ3v) is 2.10. The van der Waals surface area contributed by atoms with Gasteiger partial charge in [-0.15, -0.1) is 0 Å². The van der Waals surface area contributed by atoms with Crippen molar-refractivity contribution in [3.63, 3.8) is 0 Å². The summed E-state index contributed by atoms with van der Waals surface area (Å²) >= 11 is 3.92. The van der Waals surface area contributed by atoms with Gasteiger partial charge in [0.1, 0.15) is 5.84 Å². The summed E-state index contributed by atoms with van der Waals surface area (Å²) in [4.78, 5) is 2.30. The van der Waals surface area contributed by atoms with Gasteiger partial charge in [0.2, 0.25) is 0 Å². The molecule has 0 saturated carbocycles. The molecule has 0 bridgehead atoms. The molecule has 10 heavy (non-hydrogen) atoms. The molecule has 3 heteroatoms. The Labute approximate surface area is 67.9 Å². The zero-order valence-electron chi connectivity index (χ0n) is 6.54. The molecule has 0 atom stereocenters. The van der Waals surface area contributed by atoms with Crippen LogP contribution < -0.4 is 0 Å². The van der Waals surface area contributed by atoms with Crippen LogP contribution >= 0.6 is 12.8 Å². The van der Waals surface area contributed by atoms with Crippen LogP contribution in [0.3, 0.4) is 0 Å². The van der Waals surface area contributed by atoms with Gasteiger partial charge >= 0.3 is 0 Å². The molecule has 0 radical (unpaired) electrons. The first-order valence-corrected chi connectivity index (χ1v) is 4.13. The monoisotopic (exact) mass is 158 g/mol. The fraction of sp³-hybridized carbons (Fsp3) is 0.857. The second-order valence-electron chi connectivity index (χ2n) is 2.91. The van der Waals surface area contributed by atoms with Gasteiger partial charge in [0.15, 0.2) is 0 Å². The second-order valence-corrected chi connectivity index (χ2v) is 3.11. The lowest BCUT2D eigenvalue weighted by Gasteiger charge is -2.22. The maximum atomic E-state index is 3.93. The van der Waals surface area contributed by atoms with Gasteiger partial charge in [0, 0.05) is 19.0 Å². The fourth-order valence-electron chi connectivity index (χ4n) is 1.34. The van der Waals surface area contributed by atoms with Crippen molar-refractivity contribution in [2.45, 2.75) is 32.7 Å². The highest BCUT2D eigenvalue weighted by atomic mass is 32.1. The lowest BCUT2D eigenvalue weighted by atomic mass is 10.3. The van der Waals surface area contributed by atoms with Crippen LogP contribution in [0, 0.1) is 0 Å². The van der Waals surface area contributed by atoms with E-state index in [2.05, 4.69) is 36.0 Å². The molecular formula is C7H14N2S. The van der Waals surface area contributed by atoms with Crippen LogP contribution in [-0.2, 0) is 0 Å². The van der Waals surface area contributed by atoms with Crippen molar-refractivity contribution in [2.24, 2.45) is 4.40 Å². The Morgan fingerprint density at radius 3 is 2.70 bits per heavy atom. The molecule has 0 unspecified atom stereocenters. The van der Waals surface area contributed by atoms with E-state index in [1.165, 1.54) is 6.42 Å². The molecular weight excluding hydrogens is 144 g/mol. The van der Waals surface area contributed by atoms with Crippen LogP contribution in [0.5, 0.6) is 0 Å². The standard InChI is InChI=1S/C7H14N2S/c1-6(2)9-5-3-4-7(9)8-10/h6,10H,3-5H2,1-2H3/b8-7+. The van der Waals surface area contributed by atoms with Crippen molar-refractivity contribution >= 4 is 18.7 Å². The maximum absolute atomic E-state index is 3.93. The summed E-state index contributed by atoms with van der Waals surface area (Å²) in [5.41, 5.74) is 0. The van der Waals surface area contributed by atoms with E-state index >= 15 is 0 Å². The van der Waals surface area contributed by atoms with Crippen LogP contribution in [0.2, 0.25) is 0 Å². The number of hydrogen-bond donors (Lipinski definition) is 1. The van der Waals surface area contributed by atoms with E-state index in [1.807, 2.05) is 0 Å². The first kappa shape index (κ1) is 7.92. The van der Waals surface area contributed by atoms with Crippen molar-refractivity contribution in [1.82, 2.24) is 4.90 Å². The third-order valence-electron chi connectivity index (χ3n) is 1.87. The van der Waals surface area contributed by atoms with Crippen molar-refractivity contribution in [1.29, 1.82) is 0 Å². The molecule has 1 rings (SSSR count). The number of amidine groups is 1. The fourth-order valence-corrected chi connectivity index (χ4v) is 1.56. The van der Waals surface area contributed by atoms with E-state index in [9.17, 15) is 0 Å². The molecule has 0 N–H and O–H groups in total. The van der Waals surface area contributed by atoms with Gasteiger partial charge < -0.3 is 4.90 Å². The SMILES string of the molecule is CC(C)N1CCC/C1=N\S. The maximum Gasteiger partial charge on any atom is 0.112 e. The molecule has 1 heterocycles. The van der Waals surface area contributed by atoms with Crippen LogP contribution in [0.25, 0.3) is 0 Å². The molecule has 1 saturated heterocycles. The predicted octanol–water partition coefficient (Wildman–Crippen LogP) is 1.73. The van der Waals surface area contributed by atoms with E-state index < -0.39 is 0 Å². The number of hydrogen-bond acceptors (Lipinski definition) is 2. The minimum absolute atomic E-state index is 0.577. The van der Waals surface area contributed by atoms with Gasteiger partial charge in [-0.2, -0.15) is 0 Å². The van der Waals surface area contributed by atoms with E-state index in [-0.39, 0.29) is 0 Å². The number of rotatable bonds is 1. The quantitative estimate of drug-likeness (QED) is 0.575. The Morgan fingerprint density at radius 2 is 2.30 bits per heavy atom. The first-order chi connectivity index (χ1) is 4.75. The highest BCUT2D eigenvalue weighted by Crippen LogP contribution is 2.14. The molecule has 1 fully saturated rings. The van der Waals surface area contributed by atoms with Crippen LogP contribution in [0.15, 0.2) is 4.40 Å². The summed E-state index contributed by atoms with van der Waals surface area (Å²) in [6.45, 7) is 5.52. The molecule has 2 nitrogen and oxygen atoms in total. The number of likely N-dealkylation sites (tertiary alicyclic amines) is 1. The summed E-state index contributed by atoms with van der Waals surface area (Å²) in [5, 5.41) is 0. The zero-order valence-corrected chi connectivity index (χ0v) is 7.43. The van der Waals surface area contributed by atoms with Gasteiger partial charge in [-0.25, -0.2) is 4.40 Å². The molecule has 0 aromatic carbocycles. The molecule has 58 valence electrons.